The second-order valence-corrected chi connectivity index (χ2v) is 1.44. The van der Waals surface area contributed by atoms with E-state index < -0.39 is 0 Å². The minimum absolute atomic E-state index is 0. The van der Waals surface area contributed by atoms with Crippen LogP contribution in [-0.2, 0) is 0 Å². The first-order valence-corrected chi connectivity index (χ1v) is 1.49. The summed E-state index contributed by atoms with van der Waals surface area (Å²) in [7, 11) is 0. The van der Waals surface area contributed by atoms with E-state index in [0.717, 1.165) is 0 Å². The summed E-state index contributed by atoms with van der Waals surface area (Å²) in [5.74, 6) is 0. The molecule has 0 N–H and O–H groups in total. The molecule has 0 aliphatic carbocycles. The van der Waals surface area contributed by atoms with Gasteiger partial charge in [0.25, 0.3) is 0 Å². The summed E-state index contributed by atoms with van der Waals surface area (Å²) in [6.07, 6.45) is 0. The standard InChI is InChI=1S/C2H2Cl2.Al/c1-2(3)4;/h1H2;. The Morgan fingerprint density at radius 3 is 1.40 bits per heavy atom. The van der Waals surface area contributed by atoms with Crippen LogP contribution in [0.15, 0.2) is 11.1 Å². The molecule has 5 heavy (non-hydrogen) atoms. The molecular formula is C2H2AlCl2. The smallest absolute Gasteiger partial charge is 0.0716 e. The molecule has 0 bridgehead atoms. The van der Waals surface area contributed by atoms with Gasteiger partial charge in [0.1, 0.15) is 0 Å². The van der Waals surface area contributed by atoms with Crippen molar-refractivity contribution < 1.29 is 0 Å². The first-order chi connectivity index (χ1) is 1.73. The minimum Gasteiger partial charge on any atom is -0.0716 e. The Morgan fingerprint density at radius 2 is 1.40 bits per heavy atom. The lowest BCUT2D eigenvalue weighted by molar-refractivity contribution is 2.45. The second kappa shape index (κ2) is 4.85. The Bertz CT molecular complexity index is 30.6. The molecule has 0 spiro atoms. The molecule has 0 aromatic carbocycles. The van der Waals surface area contributed by atoms with Crippen molar-refractivity contribution in [1.29, 1.82) is 0 Å². The SMILES string of the molecule is C=C(Cl)Cl.[Al]. The van der Waals surface area contributed by atoms with Gasteiger partial charge in [-0.05, 0) is 0 Å². The molecule has 0 heterocycles. The first-order valence-electron chi connectivity index (χ1n) is 0.732. The van der Waals surface area contributed by atoms with Gasteiger partial charge < -0.3 is 0 Å². The van der Waals surface area contributed by atoms with Gasteiger partial charge in [-0.25, -0.2) is 0 Å². The zero-order valence-electron chi connectivity index (χ0n) is 2.54. The van der Waals surface area contributed by atoms with E-state index in [1.165, 1.54) is 0 Å². The predicted molar refractivity (Wildman–Crippen MR) is 26.6 cm³/mol. The molecule has 27 valence electrons. The van der Waals surface area contributed by atoms with E-state index in [-0.39, 0.29) is 21.9 Å². The van der Waals surface area contributed by atoms with E-state index in [4.69, 9.17) is 23.2 Å². The van der Waals surface area contributed by atoms with E-state index in [2.05, 4.69) is 6.58 Å². The fourth-order valence-electron chi connectivity index (χ4n) is 0. The number of hydrogen-bond donors (Lipinski definition) is 0. The second-order valence-electron chi connectivity index (χ2n) is 0.339. The van der Waals surface area contributed by atoms with Crippen molar-refractivity contribution in [3.63, 3.8) is 0 Å². The van der Waals surface area contributed by atoms with Gasteiger partial charge in [-0.15, -0.1) is 0 Å². The quantitative estimate of drug-likeness (QED) is 0.429. The van der Waals surface area contributed by atoms with E-state index in [1.54, 1.807) is 0 Å². The molecule has 0 aliphatic rings. The van der Waals surface area contributed by atoms with E-state index in [0.29, 0.717) is 0 Å². The summed E-state index contributed by atoms with van der Waals surface area (Å²) in [5.41, 5.74) is 0. The third-order valence-electron chi connectivity index (χ3n) is 0. The number of rotatable bonds is 0. The van der Waals surface area contributed by atoms with Gasteiger partial charge in [-0.2, -0.15) is 0 Å². The van der Waals surface area contributed by atoms with Crippen molar-refractivity contribution in [1.82, 2.24) is 0 Å². The van der Waals surface area contributed by atoms with E-state index >= 15 is 0 Å². The van der Waals surface area contributed by atoms with Crippen molar-refractivity contribution >= 4 is 40.6 Å². The lowest BCUT2D eigenvalue weighted by Gasteiger charge is -1.57. The Labute approximate surface area is 51.9 Å². The molecule has 0 atom stereocenters. The highest BCUT2D eigenvalue weighted by Crippen LogP contribution is 1.98. The minimum atomic E-state index is 0. The molecule has 3 heteroatoms. The van der Waals surface area contributed by atoms with Crippen molar-refractivity contribution in [2.45, 2.75) is 0 Å². The van der Waals surface area contributed by atoms with Crippen LogP contribution in [0.5, 0.6) is 0 Å². The predicted octanol–water partition coefficient (Wildman–Crippen LogP) is 1.55. The average molecular weight is 124 g/mol. The highest BCUT2D eigenvalue weighted by atomic mass is 35.5. The van der Waals surface area contributed by atoms with Crippen molar-refractivity contribution in [2.75, 3.05) is 0 Å². The lowest BCUT2D eigenvalue weighted by Crippen LogP contribution is -1.24. The highest BCUT2D eigenvalue weighted by molar-refractivity contribution is 6.55. The summed E-state index contributed by atoms with van der Waals surface area (Å²) in [4.78, 5) is 0. The third kappa shape index (κ3) is 54.3. The summed E-state index contributed by atoms with van der Waals surface area (Å²) in [5, 5.41) is 0. The van der Waals surface area contributed by atoms with Gasteiger partial charge in [-0.3, -0.25) is 0 Å². The topological polar surface area (TPSA) is 0 Å². The average Bonchev–Trinajstić information content (AvgIpc) is 0.811. The number of halogens is 2. The maximum atomic E-state index is 4.85. The summed E-state index contributed by atoms with van der Waals surface area (Å²) < 4.78 is 0.111. The van der Waals surface area contributed by atoms with Crippen molar-refractivity contribution in [3.05, 3.63) is 11.1 Å². The molecule has 0 aromatic heterocycles. The largest absolute Gasteiger partial charge is 0.0992 e. The van der Waals surface area contributed by atoms with Crippen LogP contribution in [0, 0.1) is 0 Å². The van der Waals surface area contributed by atoms with Crippen LogP contribution in [0.3, 0.4) is 0 Å². The van der Waals surface area contributed by atoms with E-state index in [9.17, 15) is 0 Å². The zero-order valence-corrected chi connectivity index (χ0v) is 5.21. The van der Waals surface area contributed by atoms with Gasteiger partial charge >= 0.3 is 0 Å². The molecule has 0 saturated carbocycles. The Balaban J connectivity index is 0. The lowest BCUT2D eigenvalue weighted by atomic mass is 11.3. The van der Waals surface area contributed by atoms with Crippen molar-refractivity contribution in [3.8, 4) is 0 Å². The molecule has 0 saturated heterocycles. The van der Waals surface area contributed by atoms with Crippen LogP contribution in [0.2, 0.25) is 0 Å². The molecule has 0 aliphatic heterocycles. The molecular weight excluding hydrogens is 122 g/mol. The van der Waals surface area contributed by atoms with Gasteiger partial charge in [0.05, 0.1) is 4.49 Å². The maximum Gasteiger partial charge on any atom is 0.0992 e. The van der Waals surface area contributed by atoms with E-state index in [1.807, 2.05) is 0 Å². The Hall–Kier alpha value is 0.852. The molecule has 0 unspecified atom stereocenters. The third-order valence-corrected chi connectivity index (χ3v) is 0. The zero-order chi connectivity index (χ0) is 3.58. The fraction of sp³-hybridized carbons (Fsp3) is 0. The van der Waals surface area contributed by atoms with Crippen LogP contribution in [0.4, 0.5) is 0 Å². The molecule has 0 rings (SSSR count). The van der Waals surface area contributed by atoms with Crippen LogP contribution in [0.1, 0.15) is 0 Å². The first kappa shape index (κ1) is 9.29. The highest BCUT2D eigenvalue weighted by Gasteiger charge is 1.60. The van der Waals surface area contributed by atoms with Crippen LogP contribution >= 0.6 is 23.2 Å². The monoisotopic (exact) mass is 123 g/mol. The summed E-state index contributed by atoms with van der Waals surface area (Å²) in [6.45, 7) is 3.09. The van der Waals surface area contributed by atoms with Gasteiger partial charge in [-0.1, -0.05) is 29.8 Å². The Morgan fingerprint density at radius 1 is 1.40 bits per heavy atom. The van der Waals surface area contributed by atoms with Gasteiger partial charge in [0.15, 0.2) is 0 Å². The fourth-order valence-corrected chi connectivity index (χ4v) is 0. The van der Waals surface area contributed by atoms with Crippen molar-refractivity contribution in [2.24, 2.45) is 0 Å². The number of hydrogen-bond acceptors (Lipinski definition) is 0. The molecule has 0 aromatic rings. The van der Waals surface area contributed by atoms with Gasteiger partial charge in [0.2, 0.25) is 0 Å². The Kier molecular flexibility index (Phi) is 9.01. The van der Waals surface area contributed by atoms with Crippen LogP contribution in [0.25, 0.3) is 0 Å². The summed E-state index contributed by atoms with van der Waals surface area (Å²) >= 11 is 9.69. The molecule has 0 amide bonds. The summed E-state index contributed by atoms with van der Waals surface area (Å²) in [6, 6.07) is 0. The molecule has 0 nitrogen and oxygen atoms in total. The molecule has 3 radical (unpaired) electrons. The maximum absolute atomic E-state index is 4.85. The van der Waals surface area contributed by atoms with Gasteiger partial charge in [0, 0.05) is 17.4 Å². The van der Waals surface area contributed by atoms with Crippen LogP contribution in [-0.4, -0.2) is 17.4 Å². The van der Waals surface area contributed by atoms with Crippen LogP contribution < -0.4 is 0 Å². The normalized spacial score (nSPS) is 5.20. The molecule has 0 fully saturated rings.